The second-order valence-electron chi connectivity index (χ2n) is 3.81. The first-order valence-corrected chi connectivity index (χ1v) is 9.82. The predicted octanol–water partition coefficient (Wildman–Crippen LogP) is 3.01. The molecule has 1 aliphatic heterocycles. The van der Waals surface area contributed by atoms with Gasteiger partial charge in [0.2, 0.25) is 0 Å². The Morgan fingerprint density at radius 1 is 1.06 bits per heavy atom. The fourth-order valence-corrected chi connectivity index (χ4v) is 4.13. The zero-order valence-corrected chi connectivity index (χ0v) is 13.1. The first-order valence-electron chi connectivity index (χ1n) is 6.36. The minimum atomic E-state index is 0.417. The SMILES string of the molecule is CCSCCSCCSCCCOCC1CO1. The van der Waals surface area contributed by atoms with Crippen molar-refractivity contribution in [1.29, 1.82) is 0 Å². The van der Waals surface area contributed by atoms with Gasteiger partial charge in [0.05, 0.1) is 13.2 Å². The van der Waals surface area contributed by atoms with Gasteiger partial charge in [0, 0.05) is 29.6 Å². The molecule has 1 atom stereocenters. The molecule has 1 fully saturated rings. The van der Waals surface area contributed by atoms with Crippen LogP contribution in [-0.4, -0.2) is 60.4 Å². The molecule has 0 aromatic heterocycles. The molecule has 5 heteroatoms. The molecule has 1 rings (SSSR count). The van der Waals surface area contributed by atoms with E-state index in [9.17, 15) is 0 Å². The van der Waals surface area contributed by atoms with Crippen molar-refractivity contribution in [3.8, 4) is 0 Å². The van der Waals surface area contributed by atoms with E-state index in [1.165, 1.54) is 40.9 Å². The van der Waals surface area contributed by atoms with Gasteiger partial charge in [-0.3, -0.25) is 0 Å². The third-order valence-electron chi connectivity index (χ3n) is 2.23. The van der Waals surface area contributed by atoms with Crippen LogP contribution in [0.15, 0.2) is 0 Å². The average Bonchev–Trinajstić information content (AvgIpc) is 3.15. The Balaban J connectivity index is 1.61. The monoisotopic (exact) mass is 296 g/mol. The lowest BCUT2D eigenvalue weighted by Gasteiger charge is -2.03. The van der Waals surface area contributed by atoms with Crippen LogP contribution in [0.5, 0.6) is 0 Å². The molecule has 0 amide bonds. The molecule has 0 saturated carbocycles. The molecule has 1 heterocycles. The molecular weight excluding hydrogens is 272 g/mol. The minimum absolute atomic E-state index is 0.417. The molecule has 0 aliphatic carbocycles. The number of ether oxygens (including phenoxy) is 2. The minimum Gasteiger partial charge on any atom is -0.379 e. The molecule has 0 N–H and O–H groups in total. The van der Waals surface area contributed by atoms with Gasteiger partial charge in [0.25, 0.3) is 0 Å². The molecule has 102 valence electrons. The number of thioether (sulfide) groups is 3. The van der Waals surface area contributed by atoms with Crippen molar-refractivity contribution in [2.45, 2.75) is 19.4 Å². The zero-order chi connectivity index (χ0) is 12.2. The van der Waals surface area contributed by atoms with E-state index in [2.05, 4.69) is 30.4 Å². The van der Waals surface area contributed by atoms with Crippen LogP contribution in [0.2, 0.25) is 0 Å². The van der Waals surface area contributed by atoms with Crippen molar-refractivity contribution in [2.24, 2.45) is 0 Å². The number of hydrogen-bond donors (Lipinski definition) is 0. The predicted molar refractivity (Wildman–Crippen MR) is 82.8 cm³/mol. The Labute approximate surface area is 118 Å². The van der Waals surface area contributed by atoms with E-state index in [0.29, 0.717) is 6.10 Å². The van der Waals surface area contributed by atoms with E-state index < -0.39 is 0 Å². The maximum atomic E-state index is 5.48. The van der Waals surface area contributed by atoms with Gasteiger partial charge in [-0.15, -0.1) is 0 Å². The van der Waals surface area contributed by atoms with Crippen molar-refractivity contribution < 1.29 is 9.47 Å². The van der Waals surface area contributed by atoms with Crippen molar-refractivity contribution in [3.63, 3.8) is 0 Å². The second kappa shape index (κ2) is 12.0. The lowest BCUT2D eigenvalue weighted by atomic mass is 10.5. The van der Waals surface area contributed by atoms with Crippen LogP contribution in [0.25, 0.3) is 0 Å². The Morgan fingerprint density at radius 2 is 1.71 bits per heavy atom. The largest absolute Gasteiger partial charge is 0.379 e. The molecule has 1 aliphatic rings. The zero-order valence-electron chi connectivity index (χ0n) is 10.7. The maximum Gasteiger partial charge on any atom is 0.104 e. The Morgan fingerprint density at radius 3 is 2.35 bits per heavy atom. The summed E-state index contributed by atoms with van der Waals surface area (Å²) in [6.45, 7) is 4.83. The Kier molecular flexibility index (Phi) is 11.3. The van der Waals surface area contributed by atoms with Gasteiger partial charge >= 0.3 is 0 Å². The normalized spacial score (nSPS) is 18.5. The van der Waals surface area contributed by atoms with Gasteiger partial charge in [-0.2, -0.15) is 35.3 Å². The fraction of sp³-hybridized carbons (Fsp3) is 1.00. The summed E-state index contributed by atoms with van der Waals surface area (Å²) in [6.07, 6.45) is 1.59. The molecule has 0 spiro atoms. The van der Waals surface area contributed by atoms with Crippen molar-refractivity contribution in [3.05, 3.63) is 0 Å². The van der Waals surface area contributed by atoms with Crippen LogP contribution < -0.4 is 0 Å². The summed E-state index contributed by atoms with van der Waals surface area (Å²) >= 11 is 6.18. The van der Waals surface area contributed by atoms with Crippen LogP contribution in [-0.2, 0) is 9.47 Å². The van der Waals surface area contributed by atoms with Crippen LogP contribution in [0, 0.1) is 0 Å². The molecule has 17 heavy (non-hydrogen) atoms. The van der Waals surface area contributed by atoms with Crippen LogP contribution in [0.4, 0.5) is 0 Å². The summed E-state index contributed by atoms with van der Waals surface area (Å²) in [6, 6.07) is 0. The standard InChI is InChI=1S/C12H24O2S3/c1-2-15-6-7-17-9-8-16-5-3-4-13-10-12-11-14-12/h12H,2-11H2,1H3. The van der Waals surface area contributed by atoms with Crippen molar-refractivity contribution in [1.82, 2.24) is 0 Å². The average molecular weight is 297 g/mol. The highest BCUT2D eigenvalue weighted by Crippen LogP contribution is 2.11. The van der Waals surface area contributed by atoms with Crippen molar-refractivity contribution in [2.75, 3.05) is 54.3 Å². The maximum absolute atomic E-state index is 5.48. The first-order chi connectivity index (χ1) is 8.43. The summed E-state index contributed by atoms with van der Waals surface area (Å²) in [5, 5.41) is 0. The first kappa shape index (κ1) is 16.0. The summed E-state index contributed by atoms with van der Waals surface area (Å²) < 4.78 is 10.6. The third-order valence-corrected chi connectivity index (χ3v) is 5.71. The van der Waals surface area contributed by atoms with Gasteiger partial charge in [-0.25, -0.2) is 0 Å². The smallest absolute Gasteiger partial charge is 0.104 e. The second-order valence-corrected chi connectivity index (χ2v) is 7.65. The molecule has 0 aromatic carbocycles. The van der Waals surface area contributed by atoms with E-state index in [-0.39, 0.29) is 0 Å². The highest BCUT2D eigenvalue weighted by molar-refractivity contribution is 8.04. The van der Waals surface area contributed by atoms with Gasteiger partial charge in [-0.1, -0.05) is 6.92 Å². The summed E-state index contributed by atoms with van der Waals surface area (Å²) in [5.74, 6) is 7.68. The fourth-order valence-electron chi connectivity index (χ4n) is 1.23. The van der Waals surface area contributed by atoms with Gasteiger partial charge in [-0.05, 0) is 17.9 Å². The van der Waals surface area contributed by atoms with Gasteiger partial charge < -0.3 is 9.47 Å². The Bertz CT molecular complexity index is 166. The number of rotatable bonds is 13. The third kappa shape index (κ3) is 11.8. The van der Waals surface area contributed by atoms with Crippen LogP contribution in [0.1, 0.15) is 13.3 Å². The summed E-state index contributed by atoms with van der Waals surface area (Å²) in [7, 11) is 0. The highest BCUT2D eigenvalue weighted by Gasteiger charge is 2.21. The molecule has 0 aromatic rings. The van der Waals surface area contributed by atoms with Crippen LogP contribution >= 0.6 is 35.3 Å². The van der Waals surface area contributed by atoms with E-state index >= 15 is 0 Å². The van der Waals surface area contributed by atoms with Gasteiger partial charge in [0.1, 0.15) is 6.10 Å². The highest BCUT2D eigenvalue weighted by atomic mass is 32.2. The molecular formula is C12H24O2S3. The van der Waals surface area contributed by atoms with Crippen molar-refractivity contribution >= 4 is 35.3 Å². The molecule has 1 saturated heterocycles. The van der Waals surface area contributed by atoms with E-state index in [0.717, 1.165) is 19.8 Å². The number of epoxide rings is 1. The van der Waals surface area contributed by atoms with E-state index in [1.807, 2.05) is 11.8 Å². The molecule has 2 nitrogen and oxygen atoms in total. The topological polar surface area (TPSA) is 21.8 Å². The molecule has 0 bridgehead atoms. The number of hydrogen-bond acceptors (Lipinski definition) is 5. The lowest BCUT2D eigenvalue weighted by molar-refractivity contribution is 0.117. The summed E-state index contributed by atoms with van der Waals surface area (Å²) in [5.41, 5.74) is 0. The Hall–Kier alpha value is 0.970. The quantitative estimate of drug-likeness (QED) is 0.384. The lowest BCUT2D eigenvalue weighted by Crippen LogP contribution is -2.03. The van der Waals surface area contributed by atoms with Gasteiger partial charge in [0.15, 0.2) is 0 Å². The molecule has 0 radical (unpaired) electrons. The molecule has 1 unspecified atom stereocenters. The van der Waals surface area contributed by atoms with E-state index in [4.69, 9.17) is 9.47 Å². The van der Waals surface area contributed by atoms with E-state index in [1.54, 1.807) is 0 Å². The van der Waals surface area contributed by atoms with Crippen LogP contribution in [0.3, 0.4) is 0 Å². The summed E-state index contributed by atoms with van der Waals surface area (Å²) in [4.78, 5) is 0.